The van der Waals surface area contributed by atoms with Gasteiger partial charge in [0.05, 0.1) is 0 Å². The number of hydrogen-bond donors (Lipinski definition) is 0. The number of hydrogen-bond acceptors (Lipinski definition) is 2. The molecule has 0 radical (unpaired) electrons. The first-order chi connectivity index (χ1) is 8.23. The van der Waals surface area contributed by atoms with Crippen LogP contribution in [0.1, 0.15) is 47.0 Å². The minimum absolute atomic E-state index is 0.0203. The summed E-state index contributed by atoms with van der Waals surface area (Å²) in [6.45, 7) is 11.9. The van der Waals surface area contributed by atoms with E-state index in [1.165, 1.54) is 0 Å². The summed E-state index contributed by atoms with van der Waals surface area (Å²) < 4.78 is 25.7. The van der Waals surface area contributed by atoms with Crippen LogP contribution in [0.3, 0.4) is 0 Å². The highest BCUT2D eigenvalue weighted by Crippen LogP contribution is 2.19. The van der Waals surface area contributed by atoms with E-state index >= 15 is 0 Å². The number of alkyl halides is 2. The monoisotopic (exact) mass is 261 g/mol. The minimum atomic E-state index is -3.30. The summed E-state index contributed by atoms with van der Waals surface area (Å²) >= 11 is 0. The normalized spacial score (nSPS) is 13.7. The second kappa shape index (κ2) is 7.62. The lowest BCUT2D eigenvalue weighted by Crippen LogP contribution is -2.35. The fourth-order valence-electron chi connectivity index (χ4n) is 1.80. The van der Waals surface area contributed by atoms with E-state index in [-0.39, 0.29) is 5.57 Å². The van der Waals surface area contributed by atoms with Crippen LogP contribution in [-0.2, 0) is 4.79 Å². The van der Waals surface area contributed by atoms with Crippen molar-refractivity contribution in [3.63, 3.8) is 0 Å². The van der Waals surface area contributed by atoms with Crippen LogP contribution in [0.4, 0.5) is 8.78 Å². The number of Topliss-reactive ketones (excluding diaryl/α,β-unsaturated/α-hetero) is 1. The third-order valence-corrected chi connectivity index (χ3v) is 3.15. The van der Waals surface area contributed by atoms with Gasteiger partial charge in [0, 0.05) is 19.5 Å². The first-order valence-corrected chi connectivity index (χ1v) is 6.58. The molecule has 0 aromatic carbocycles. The summed E-state index contributed by atoms with van der Waals surface area (Å²) in [5.41, 5.74) is 0.0203. The van der Waals surface area contributed by atoms with E-state index in [1.807, 2.05) is 0 Å². The first kappa shape index (κ1) is 17.2. The molecule has 0 spiro atoms. The lowest BCUT2D eigenvalue weighted by Gasteiger charge is -2.28. The topological polar surface area (TPSA) is 20.3 Å². The Kier molecular flexibility index (Phi) is 7.29. The van der Waals surface area contributed by atoms with Crippen molar-refractivity contribution in [3.05, 3.63) is 12.2 Å². The lowest BCUT2D eigenvalue weighted by molar-refractivity contribution is -0.136. The minimum Gasteiger partial charge on any atom is -0.300 e. The Morgan fingerprint density at radius 2 is 1.89 bits per heavy atom. The first-order valence-electron chi connectivity index (χ1n) is 6.58. The zero-order valence-electron chi connectivity index (χ0n) is 11.9. The molecule has 2 nitrogen and oxygen atoms in total. The molecule has 0 aliphatic heterocycles. The maximum absolute atomic E-state index is 12.8. The summed E-state index contributed by atoms with van der Waals surface area (Å²) in [5.74, 6) is -4.44. The smallest absolute Gasteiger partial charge is 0.300 e. The highest BCUT2D eigenvalue weighted by molar-refractivity contribution is 5.99. The second-order valence-electron chi connectivity index (χ2n) is 4.86. The van der Waals surface area contributed by atoms with Crippen LogP contribution in [0.5, 0.6) is 0 Å². The van der Waals surface area contributed by atoms with Crippen LogP contribution < -0.4 is 0 Å². The van der Waals surface area contributed by atoms with Gasteiger partial charge in [-0.3, -0.25) is 4.79 Å². The number of ketones is 1. The number of carbonyl (C=O) groups is 1. The van der Waals surface area contributed by atoms with E-state index < -0.39 is 11.7 Å². The van der Waals surface area contributed by atoms with Gasteiger partial charge in [-0.1, -0.05) is 20.4 Å². The molecule has 0 aromatic rings. The maximum Gasteiger partial charge on any atom is 0.306 e. The molecule has 0 fully saturated rings. The zero-order chi connectivity index (χ0) is 14.3. The third-order valence-electron chi connectivity index (χ3n) is 3.15. The summed E-state index contributed by atoms with van der Waals surface area (Å²) in [7, 11) is 0. The molecule has 0 saturated heterocycles. The molecule has 0 saturated carbocycles. The Morgan fingerprint density at radius 1 is 1.33 bits per heavy atom. The average molecular weight is 261 g/mol. The molecule has 0 amide bonds. The molecule has 0 rings (SSSR count). The predicted octanol–water partition coefficient (Wildman–Crippen LogP) is 3.67. The van der Waals surface area contributed by atoms with Crippen molar-refractivity contribution in [1.82, 2.24) is 4.90 Å². The molecule has 0 aromatic heterocycles. The summed E-state index contributed by atoms with van der Waals surface area (Å²) in [5, 5.41) is 0. The molecule has 0 aliphatic carbocycles. The van der Waals surface area contributed by atoms with Crippen LogP contribution in [0, 0.1) is 0 Å². The van der Waals surface area contributed by atoms with Crippen molar-refractivity contribution in [3.8, 4) is 0 Å². The van der Waals surface area contributed by atoms with Gasteiger partial charge < -0.3 is 4.90 Å². The van der Waals surface area contributed by atoms with E-state index in [2.05, 4.69) is 32.3 Å². The van der Waals surface area contributed by atoms with Gasteiger partial charge >= 0.3 is 5.92 Å². The van der Waals surface area contributed by atoms with Crippen molar-refractivity contribution in [2.24, 2.45) is 0 Å². The Morgan fingerprint density at radius 3 is 2.28 bits per heavy atom. The van der Waals surface area contributed by atoms with Gasteiger partial charge in [-0.25, -0.2) is 0 Å². The van der Waals surface area contributed by atoms with Gasteiger partial charge in [-0.15, -0.1) is 0 Å². The fraction of sp³-hybridized carbons (Fsp3) is 0.786. The lowest BCUT2D eigenvalue weighted by atomic mass is 10.0. The molecule has 0 bridgehead atoms. The molecule has 0 N–H and O–H groups in total. The summed E-state index contributed by atoms with van der Waals surface area (Å²) in [6.07, 6.45) is 2.33. The van der Waals surface area contributed by atoms with Crippen molar-refractivity contribution in [2.75, 3.05) is 13.1 Å². The SMILES string of the molecule is C=C(CCN(CCC)C(C)CC)C(=O)C(C)(F)F. The second-order valence-corrected chi connectivity index (χ2v) is 4.86. The summed E-state index contributed by atoms with van der Waals surface area (Å²) in [6, 6.07) is 0.398. The zero-order valence-corrected chi connectivity index (χ0v) is 11.9. The highest BCUT2D eigenvalue weighted by atomic mass is 19.3. The van der Waals surface area contributed by atoms with Crippen LogP contribution >= 0.6 is 0 Å². The molecule has 1 unspecified atom stereocenters. The van der Waals surface area contributed by atoms with Crippen molar-refractivity contribution < 1.29 is 13.6 Å². The fourth-order valence-corrected chi connectivity index (χ4v) is 1.80. The van der Waals surface area contributed by atoms with Gasteiger partial charge in [0.15, 0.2) is 0 Å². The Labute approximate surface area is 109 Å². The summed E-state index contributed by atoms with van der Waals surface area (Å²) in [4.78, 5) is 13.5. The van der Waals surface area contributed by atoms with Gasteiger partial charge in [-0.05, 0) is 38.3 Å². The van der Waals surface area contributed by atoms with Crippen molar-refractivity contribution >= 4 is 5.78 Å². The number of nitrogens with zero attached hydrogens (tertiary/aromatic N) is 1. The van der Waals surface area contributed by atoms with E-state index in [0.717, 1.165) is 19.4 Å². The van der Waals surface area contributed by atoms with E-state index in [4.69, 9.17) is 0 Å². The highest BCUT2D eigenvalue weighted by Gasteiger charge is 2.33. The van der Waals surface area contributed by atoms with E-state index in [0.29, 0.717) is 25.9 Å². The number of halogens is 2. The number of carbonyl (C=O) groups excluding carboxylic acids is 1. The van der Waals surface area contributed by atoms with Crippen LogP contribution in [0.2, 0.25) is 0 Å². The van der Waals surface area contributed by atoms with Crippen molar-refractivity contribution in [1.29, 1.82) is 0 Å². The Balaban J connectivity index is 4.36. The molecular weight excluding hydrogens is 236 g/mol. The van der Waals surface area contributed by atoms with E-state index in [9.17, 15) is 13.6 Å². The third kappa shape index (κ3) is 5.71. The Bertz CT molecular complexity index is 284. The largest absolute Gasteiger partial charge is 0.306 e. The van der Waals surface area contributed by atoms with Gasteiger partial charge in [0.2, 0.25) is 5.78 Å². The standard InChI is InChI=1S/C14H25F2NO/c1-6-9-17(12(4)7-2)10-8-11(3)13(18)14(5,15)16/h12H,3,6-10H2,1-2,4-5H3. The maximum atomic E-state index is 12.8. The number of rotatable bonds is 9. The molecule has 1 atom stereocenters. The Hall–Kier alpha value is -0.770. The average Bonchev–Trinajstić information content (AvgIpc) is 2.30. The quantitative estimate of drug-likeness (QED) is 0.590. The van der Waals surface area contributed by atoms with Gasteiger partial charge in [0.25, 0.3) is 0 Å². The predicted molar refractivity (Wildman–Crippen MR) is 71.0 cm³/mol. The molecule has 106 valence electrons. The van der Waals surface area contributed by atoms with Gasteiger partial charge in [0.1, 0.15) is 0 Å². The van der Waals surface area contributed by atoms with E-state index in [1.54, 1.807) is 0 Å². The van der Waals surface area contributed by atoms with Gasteiger partial charge in [-0.2, -0.15) is 8.78 Å². The molecule has 0 aliphatic rings. The van der Waals surface area contributed by atoms with Crippen LogP contribution in [0.15, 0.2) is 12.2 Å². The molecule has 18 heavy (non-hydrogen) atoms. The molecular formula is C14H25F2NO. The molecule has 4 heteroatoms. The van der Waals surface area contributed by atoms with Crippen molar-refractivity contribution in [2.45, 2.75) is 58.9 Å². The van der Waals surface area contributed by atoms with Crippen LogP contribution in [0.25, 0.3) is 0 Å². The van der Waals surface area contributed by atoms with Crippen LogP contribution in [-0.4, -0.2) is 35.7 Å². The molecule has 0 heterocycles.